The van der Waals surface area contributed by atoms with E-state index >= 15 is 0 Å². The molecule has 5 nitrogen and oxygen atoms in total. The standard InChI is InChI=1S/C16H21FN4O.HI/c1-2-19-16(21-11-14-4-3-7-22-14)20-10-13-6-5-12(9-18)8-15(13)17;/h5-6,8,14H,2-4,7,10-11H2,1H3,(H2,19,20,21);1H. The fraction of sp³-hybridized carbons (Fsp3) is 0.500. The molecule has 1 aliphatic heterocycles. The Morgan fingerprint density at radius 1 is 1.48 bits per heavy atom. The number of benzene rings is 1. The summed E-state index contributed by atoms with van der Waals surface area (Å²) in [6.07, 6.45) is 2.36. The number of aliphatic imine (C=N–C) groups is 1. The Morgan fingerprint density at radius 3 is 2.91 bits per heavy atom. The van der Waals surface area contributed by atoms with Crippen molar-refractivity contribution in [3.8, 4) is 6.07 Å². The summed E-state index contributed by atoms with van der Waals surface area (Å²) < 4.78 is 19.4. The molecule has 126 valence electrons. The quantitative estimate of drug-likeness (QED) is 0.427. The Morgan fingerprint density at radius 2 is 2.30 bits per heavy atom. The van der Waals surface area contributed by atoms with Gasteiger partial charge < -0.3 is 15.4 Å². The Kier molecular flexibility index (Phi) is 8.87. The predicted molar refractivity (Wildman–Crippen MR) is 98.3 cm³/mol. The molecule has 0 spiro atoms. The fourth-order valence-corrected chi connectivity index (χ4v) is 2.27. The van der Waals surface area contributed by atoms with Crippen LogP contribution in [0.1, 0.15) is 30.9 Å². The van der Waals surface area contributed by atoms with Crippen LogP contribution in [0, 0.1) is 17.1 Å². The van der Waals surface area contributed by atoms with Gasteiger partial charge in [-0.3, -0.25) is 0 Å². The second-order valence-corrected chi connectivity index (χ2v) is 5.13. The molecule has 0 aliphatic carbocycles. The SMILES string of the molecule is CCNC(=NCc1ccc(C#N)cc1F)NCC1CCCO1.I. The number of halogens is 2. The van der Waals surface area contributed by atoms with E-state index in [9.17, 15) is 4.39 Å². The van der Waals surface area contributed by atoms with Crippen molar-refractivity contribution in [3.63, 3.8) is 0 Å². The lowest BCUT2D eigenvalue weighted by molar-refractivity contribution is 0.114. The molecule has 1 aromatic rings. The van der Waals surface area contributed by atoms with Gasteiger partial charge in [-0.25, -0.2) is 9.38 Å². The first-order valence-corrected chi connectivity index (χ1v) is 7.55. The van der Waals surface area contributed by atoms with Crippen LogP contribution in [0.4, 0.5) is 4.39 Å². The van der Waals surface area contributed by atoms with Crippen molar-refractivity contribution in [1.82, 2.24) is 10.6 Å². The summed E-state index contributed by atoms with van der Waals surface area (Å²) in [6.45, 7) is 4.44. The van der Waals surface area contributed by atoms with Crippen LogP contribution in [0.25, 0.3) is 0 Å². The molecule has 0 radical (unpaired) electrons. The molecule has 1 aromatic carbocycles. The van der Waals surface area contributed by atoms with Crippen molar-refractivity contribution in [2.45, 2.75) is 32.4 Å². The van der Waals surface area contributed by atoms with Crippen molar-refractivity contribution in [2.24, 2.45) is 4.99 Å². The number of hydrogen-bond donors (Lipinski definition) is 2. The average molecular weight is 432 g/mol. The Bertz CT molecular complexity index is 568. The van der Waals surface area contributed by atoms with Crippen molar-refractivity contribution in [2.75, 3.05) is 19.7 Å². The zero-order chi connectivity index (χ0) is 15.8. The highest BCUT2D eigenvalue weighted by Gasteiger charge is 2.15. The first kappa shape index (κ1) is 19.6. The van der Waals surface area contributed by atoms with Crippen LogP contribution in [0.5, 0.6) is 0 Å². The normalized spacial score (nSPS) is 17.3. The molecular formula is C16H22FIN4O. The maximum Gasteiger partial charge on any atom is 0.191 e. The molecule has 7 heteroatoms. The smallest absolute Gasteiger partial charge is 0.191 e. The van der Waals surface area contributed by atoms with Crippen molar-refractivity contribution in [3.05, 3.63) is 35.1 Å². The maximum absolute atomic E-state index is 13.8. The topological polar surface area (TPSA) is 69.4 Å². The summed E-state index contributed by atoms with van der Waals surface area (Å²) in [6, 6.07) is 6.35. The first-order valence-electron chi connectivity index (χ1n) is 7.55. The van der Waals surface area contributed by atoms with Crippen LogP contribution in [-0.4, -0.2) is 31.8 Å². The van der Waals surface area contributed by atoms with Crippen LogP contribution in [0.2, 0.25) is 0 Å². The van der Waals surface area contributed by atoms with E-state index in [2.05, 4.69) is 15.6 Å². The van der Waals surface area contributed by atoms with Crippen molar-refractivity contribution in [1.29, 1.82) is 5.26 Å². The minimum atomic E-state index is -0.405. The first-order chi connectivity index (χ1) is 10.7. The van der Waals surface area contributed by atoms with Gasteiger partial charge in [0, 0.05) is 25.3 Å². The van der Waals surface area contributed by atoms with E-state index < -0.39 is 5.82 Å². The molecule has 2 N–H and O–H groups in total. The highest BCUT2D eigenvalue weighted by Crippen LogP contribution is 2.12. The summed E-state index contributed by atoms with van der Waals surface area (Å²) in [5.74, 6) is 0.236. The van der Waals surface area contributed by atoms with E-state index in [1.165, 1.54) is 6.07 Å². The molecular weight excluding hydrogens is 410 g/mol. The molecule has 1 fully saturated rings. The summed E-state index contributed by atoms with van der Waals surface area (Å²) in [5, 5.41) is 15.1. The van der Waals surface area contributed by atoms with Gasteiger partial charge >= 0.3 is 0 Å². The summed E-state index contributed by atoms with van der Waals surface area (Å²) in [5.41, 5.74) is 0.780. The zero-order valence-corrected chi connectivity index (χ0v) is 15.5. The van der Waals surface area contributed by atoms with Gasteiger partial charge in [0.1, 0.15) is 5.82 Å². The van der Waals surface area contributed by atoms with Crippen LogP contribution in [0.3, 0.4) is 0 Å². The van der Waals surface area contributed by atoms with Gasteiger partial charge in [0.15, 0.2) is 5.96 Å². The van der Waals surface area contributed by atoms with Crippen molar-refractivity contribution >= 4 is 29.9 Å². The molecule has 2 rings (SSSR count). The van der Waals surface area contributed by atoms with Gasteiger partial charge in [-0.05, 0) is 31.9 Å². The van der Waals surface area contributed by atoms with E-state index in [1.54, 1.807) is 12.1 Å². The fourth-order valence-electron chi connectivity index (χ4n) is 2.27. The summed E-state index contributed by atoms with van der Waals surface area (Å²) >= 11 is 0. The monoisotopic (exact) mass is 432 g/mol. The number of nitrogens with one attached hydrogen (secondary N) is 2. The van der Waals surface area contributed by atoms with E-state index in [0.717, 1.165) is 26.0 Å². The largest absolute Gasteiger partial charge is 0.376 e. The van der Waals surface area contributed by atoms with Gasteiger partial charge in [0.2, 0.25) is 0 Å². The van der Waals surface area contributed by atoms with Gasteiger partial charge in [-0.15, -0.1) is 24.0 Å². The van der Waals surface area contributed by atoms with Gasteiger partial charge in [-0.2, -0.15) is 5.26 Å². The Balaban J connectivity index is 0.00000264. The minimum Gasteiger partial charge on any atom is -0.376 e. The summed E-state index contributed by atoms with van der Waals surface area (Å²) in [4.78, 5) is 4.38. The number of ether oxygens (including phenoxy) is 1. The molecule has 23 heavy (non-hydrogen) atoms. The minimum absolute atomic E-state index is 0. The molecule has 0 saturated carbocycles. The third kappa shape index (κ3) is 6.31. The highest BCUT2D eigenvalue weighted by atomic mass is 127. The van der Waals surface area contributed by atoms with Gasteiger partial charge in [0.05, 0.1) is 24.3 Å². The molecule has 1 atom stereocenters. The van der Waals surface area contributed by atoms with Crippen LogP contribution >= 0.6 is 24.0 Å². The number of nitrogens with zero attached hydrogens (tertiary/aromatic N) is 2. The molecule has 0 aromatic heterocycles. The van der Waals surface area contributed by atoms with E-state index in [1.807, 2.05) is 13.0 Å². The zero-order valence-electron chi connectivity index (χ0n) is 13.1. The van der Waals surface area contributed by atoms with Crippen LogP contribution < -0.4 is 10.6 Å². The lowest BCUT2D eigenvalue weighted by Gasteiger charge is -2.14. The third-order valence-electron chi connectivity index (χ3n) is 3.46. The second kappa shape index (κ2) is 10.4. The predicted octanol–water partition coefficient (Wildman–Crippen LogP) is 2.55. The number of guanidine groups is 1. The maximum atomic E-state index is 13.8. The highest BCUT2D eigenvalue weighted by molar-refractivity contribution is 14.0. The molecule has 1 aliphatic rings. The van der Waals surface area contributed by atoms with Crippen LogP contribution in [0.15, 0.2) is 23.2 Å². The Hall–Kier alpha value is -1.40. The number of hydrogen-bond acceptors (Lipinski definition) is 3. The lowest BCUT2D eigenvalue weighted by Crippen LogP contribution is -2.41. The molecule has 1 unspecified atom stereocenters. The second-order valence-electron chi connectivity index (χ2n) is 5.13. The molecule has 0 amide bonds. The molecule has 0 bridgehead atoms. The van der Waals surface area contributed by atoms with E-state index in [0.29, 0.717) is 23.6 Å². The van der Waals surface area contributed by atoms with Gasteiger partial charge in [0.25, 0.3) is 0 Å². The average Bonchev–Trinajstić information content (AvgIpc) is 3.04. The van der Waals surface area contributed by atoms with E-state index in [-0.39, 0.29) is 36.6 Å². The molecule has 1 saturated heterocycles. The van der Waals surface area contributed by atoms with Crippen molar-refractivity contribution < 1.29 is 9.13 Å². The summed E-state index contributed by atoms with van der Waals surface area (Å²) in [7, 11) is 0. The van der Waals surface area contributed by atoms with E-state index in [4.69, 9.17) is 10.00 Å². The van der Waals surface area contributed by atoms with Crippen LogP contribution in [-0.2, 0) is 11.3 Å². The lowest BCUT2D eigenvalue weighted by atomic mass is 10.1. The molecule has 1 heterocycles. The number of nitriles is 1. The Labute approximate surface area is 153 Å². The number of rotatable bonds is 5. The van der Waals surface area contributed by atoms with Gasteiger partial charge in [-0.1, -0.05) is 6.07 Å². The third-order valence-corrected chi connectivity index (χ3v) is 3.46.